The van der Waals surface area contributed by atoms with Gasteiger partial charge in [-0.15, -0.1) is 0 Å². The van der Waals surface area contributed by atoms with Crippen LogP contribution in [0.3, 0.4) is 0 Å². The van der Waals surface area contributed by atoms with E-state index in [4.69, 9.17) is 5.11 Å². The van der Waals surface area contributed by atoms with Crippen molar-refractivity contribution in [3.63, 3.8) is 0 Å². The maximum atomic E-state index is 12.7. The van der Waals surface area contributed by atoms with Crippen molar-refractivity contribution < 1.29 is 14.7 Å². The van der Waals surface area contributed by atoms with Gasteiger partial charge < -0.3 is 14.6 Å². The second-order valence-electron chi connectivity index (χ2n) is 5.43. The van der Waals surface area contributed by atoms with Crippen molar-refractivity contribution in [1.82, 2.24) is 14.5 Å². The molecule has 0 bridgehead atoms. The molecule has 0 saturated carbocycles. The first-order chi connectivity index (χ1) is 10.6. The summed E-state index contributed by atoms with van der Waals surface area (Å²) in [5.74, 6) is -1.40. The third-order valence-electron chi connectivity index (χ3n) is 3.86. The molecule has 6 nitrogen and oxygen atoms in total. The van der Waals surface area contributed by atoms with E-state index in [2.05, 4.69) is 4.98 Å². The van der Waals surface area contributed by atoms with Crippen molar-refractivity contribution in [3.8, 4) is 5.13 Å². The van der Waals surface area contributed by atoms with Gasteiger partial charge in [0.2, 0.25) is 0 Å². The number of piperidine rings is 1. The molecular weight excluding hydrogens is 302 g/mol. The lowest BCUT2D eigenvalue weighted by molar-refractivity contribution is -0.143. The molecule has 1 amide bonds. The van der Waals surface area contributed by atoms with E-state index in [0.29, 0.717) is 23.5 Å². The first-order valence-corrected chi connectivity index (χ1v) is 8.01. The summed E-state index contributed by atoms with van der Waals surface area (Å²) in [6, 6.07) is 3.81. The van der Waals surface area contributed by atoms with Gasteiger partial charge in [0.1, 0.15) is 4.88 Å². The molecule has 0 radical (unpaired) electrons. The number of hydrogen-bond acceptors (Lipinski definition) is 4. The summed E-state index contributed by atoms with van der Waals surface area (Å²) < 4.78 is 1.87. The molecule has 3 heterocycles. The molecule has 7 heteroatoms. The van der Waals surface area contributed by atoms with E-state index in [1.54, 1.807) is 4.90 Å². The number of carbonyl (C=O) groups is 2. The predicted molar refractivity (Wildman–Crippen MR) is 82.4 cm³/mol. The molecule has 2 aromatic rings. The van der Waals surface area contributed by atoms with E-state index in [1.807, 2.05) is 36.0 Å². The van der Waals surface area contributed by atoms with Crippen molar-refractivity contribution in [3.05, 3.63) is 35.1 Å². The van der Waals surface area contributed by atoms with Gasteiger partial charge in [0.15, 0.2) is 5.13 Å². The lowest BCUT2D eigenvalue weighted by atomic mass is 9.98. The summed E-state index contributed by atoms with van der Waals surface area (Å²) in [5, 5.41) is 9.89. The average Bonchev–Trinajstić information content (AvgIpc) is 3.16. The Kier molecular flexibility index (Phi) is 3.98. The Morgan fingerprint density at radius 2 is 2.09 bits per heavy atom. The minimum absolute atomic E-state index is 0.112. The quantitative estimate of drug-likeness (QED) is 0.941. The molecule has 116 valence electrons. The third kappa shape index (κ3) is 2.76. The van der Waals surface area contributed by atoms with E-state index in [1.165, 1.54) is 11.3 Å². The first-order valence-electron chi connectivity index (χ1n) is 7.19. The standard InChI is InChI=1S/C15H17N3O3S/c1-10-12(22-15(16-10)17-6-2-3-7-17)13(19)18-8-4-5-11(9-18)14(20)21/h2-3,6-7,11H,4-5,8-9H2,1H3,(H,20,21)/t11-/m0/s1. The minimum Gasteiger partial charge on any atom is -0.481 e. The molecule has 0 spiro atoms. The number of aryl methyl sites for hydroxylation is 1. The Hall–Kier alpha value is -2.15. The van der Waals surface area contributed by atoms with Crippen molar-refractivity contribution in [2.24, 2.45) is 5.92 Å². The molecule has 1 aliphatic rings. The number of amides is 1. The SMILES string of the molecule is Cc1nc(-n2cccc2)sc1C(=O)N1CCC[C@H](C(=O)O)C1. The number of thiazole rings is 1. The van der Waals surface area contributed by atoms with Gasteiger partial charge in [0.25, 0.3) is 5.91 Å². The lowest BCUT2D eigenvalue weighted by Gasteiger charge is -2.30. The van der Waals surface area contributed by atoms with Gasteiger partial charge in [0, 0.05) is 25.5 Å². The predicted octanol–water partition coefficient (Wildman–Crippen LogP) is 2.18. The Labute approximate surface area is 132 Å². The number of aliphatic carboxylic acids is 1. The fourth-order valence-corrected chi connectivity index (χ4v) is 3.66. The molecule has 3 rings (SSSR count). The Bertz CT molecular complexity index is 693. The highest BCUT2D eigenvalue weighted by Gasteiger charge is 2.30. The Balaban J connectivity index is 1.82. The molecule has 1 atom stereocenters. The zero-order valence-corrected chi connectivity index (χ0v) is 13.0. The van der Waals surface area contributed by atoms with Crippen LogP contribution in [0.15, 0.2) is 24.5 Å². The second kappa shape index (κ2) is 5.92. The fraction of sp³-hybridized carbons (Fsp3) is 0.400. The molecule has 0 aromatic carbocycles. The summed E-state index contributed by atoms with van der Waals surface area (Å²) in [4.78, 5) is 30.5. The maximum absolute atomic E-state index is 12.7. The number of likely N-dealkylation sites (tertiary alicyclic amines) is 1. The smallest absolute Gasteiger partial charge is 0.308 e. The molecule has 0 unspecified atom stereocenters. The molecular formula is C15H17N3O3S. The van der Waals surface area contributed by atoms with Crippen LogP contribution >= 0.6 is 11.3 Å². The van der Waals surface area contributed by atoms with E-state index < -0.39 is 11.9 Å². The van der Waals surface area contributed by atoms with Crippen LogP contribution in [0.1, 0.15) is 28.2 Å². The van der Waals surface area contributed by atoms with E-state index >= 15 is 0 Å². The minimum atomic E-state index is -0.827. The van der Waals surface area contributed by atoms with Crippen LogP contribution in [0.5, 0.6) is 0 Å². The van der Waals surface area contributed by atoms with Crippen LogP contribution in [0.25, 0.3) is 5.13 Å². The van der Waals surface area contributed by atoms with Crippen LogP contribution in [-0.2, 0) is 4.79 Å². The van der Waals surface area contributed by atoms with Crippen molar-refractivity contribution in [1.29, 1.82) is 0 Å². The van der Waals surface area contributed by atoms with Gasteiger partial charge >= 0.3 is 5.97 Å². The number of carboxylic acid groups (broad SMARTS) is 1. The first kappa shape index (κ1) is 14.8. The van der Waals surface area contributed by atoms with Crippen molar-refractivity contribution >= 4 is 23.2 Å². The van der Waals surface area contributed by atoms with E-state index in [9.17, 15) is 9.59 Å². The monoisotopic (exact) mass is 319 g/mol. The van der Waals surface area contributed by atoms with Gasteiger partial charge in [-0.2, -0.15) is 0 Å². The number of nitrogens with zero attached hydrogens (tertiary/aromatic N) is 3. The van der Waals surface area contributed by atoms with Gasteiger partial charge in [0.05, 0.1) is 11.6 Å². The highest BCUT2D eigenvalue weighted by molar-refractivity contribution is 7.16. The van der Waals surface area contributed by atoms with Crippen LogP contribution in [0.4, 0.5) is 0 Å². The average molecular weight is 319 g/mol. The lowest BCUT2D eigenvalue weighted by Crippen LogP contribution is -2.42. The summed E-state index contributed by atoms with van der Waals surface area (Å²) in [6.07, 6.45) is 5.13. The van der Waals surface area contributed by atoms with Crippen LogP contribution < -0.4 is 0 Å². The summed E-state index contributed by atoms with van der Waals surface area (Å²) >= 11 is 1.34. The van der Waals surface area contributed by atoms with Crippen LogP contribution in [0.2, 0.25) is 0 Å². The highest BCUT2D eigenvalue weighted by Crippen LogP contribution is 2.25. The number of carboxylic acids is 1. The van der Waals surface area contributed by atoms with Gasteiger partial charge in [-0.05, 0) is 31.9 Å². The van der Waals surface area contributed by atoms with Gasteiger partial charge in [-0.3, -0.25) is 9.59 Å². The van der Waals surface area contributed by atoms with Crippen LogP contribution in [0, 0.1) is 12.8 Å². The molecule has 2 aromatic heterocycles. The van der Waals surface area contributed by atoms with E-state index in [-0.39, 0.29) is 12.5 Å². The van der Waals surface area contributed by atoms with Gasteiger partial charge in [-0.1, -0.05) is 11.3 Å². The zero-order valence-electron chi connectivity index (χ0n) is 12.2. The molecule has 22 heavy (non-hydrogen) atoms. The summed E-state index contributed by atoms with van der Waals surface area (Å²) in [7, 11) is 0. The molecule has 1 saturated heterocycles. The number of carbonyl (C=O) groups excluding carboxylic acids is 1. The largest absolute Gasteiger partial charge is 0.481 e. The Morgan fingerprint density at radius 1 is 1.36 bits per heavy atom. The van der Waals surface area contributed by atoms with Crippen LogP contribution in [-0.4, -0.2) is 44.5 Å². The topological polar surface area (TPSA) is 75.4 Å². The second-order valence-corrected chi connectivity index (χ2v) is 6.41. The maximum Gasteiger partial charge on any atom is 0.308 e. The molecule has 1 aliphatic heterocycles. The zero-order chi connectivity index (χ0) is 15.7. The molecule has 0 aliphatic carbocycles. The fourth-order valence-electron chi connectivity index (χ4n) is 2.66. The molecule has 1 fully saturated rings. The molecule has 1 N–H and O–H groups in total. The number of hydrogen-bond donors (Lipinski definition) is 1. The van der Waals surface area contributed by atoms with Crippen molar-refractivity contribution in [2.75, 3.05) is 13.1 Å². The number of rotatable bonds is 3. The number of aromatic nitrogens is 2. The summed E-state index contributed by atoms with van der Waals surface area (Å²) in [6.45, 7) is 2.71. The van der Waals surface area contributed by atoms with Gasteiger partial charge in [-0.25, -0.2) is 4.98 Å². The van der Waals surface area contributed by atoms with Crippen molar-refractivity contribution in [2.45, 2.75) is 19.8 Å². The van der Waals surface area contributed by atoms with E-state index in [0.717, 1.165) is 11.6 Å². The third-order valence-corrected chi connectivity index (χ3v) is 5.02. The Morgan fingerprint density at radius 3 is 2.77 bits per heavy atom. The summed E-state index contributed by atoms with van der Waals surface area (Å²) in [5.41, 5.74) is 0.691. The normalized spacial score (nSPS) is 18.4. The highest BCUT2D eigenvalue weighted by atomic mass is 32.1.